The average molecular weight is 280 g/mol. The molecule has 3 nitrogen and oxygen atoms in total. The van der Waals surface area contributed by atoms with Gasteiger partial charge in [0, 0.05) is 7.11 Å². The van der Waals surface area contributed by atoms with E-state index in [-0.39, 0.29) is 5.04 Å². The molecule has 19 heavy (non-hydrogen) atoms. The molecule has 0 fully saturated rings. The molecule has 0 heterocycles. The third kappa shape index (κ3) is 3.98. The van der Waals surface area contributed by atoms with E-state index in [1.54, 1.807) is 14.2 Å². The molecule has 0 atom stereocenters. The maximum atomic E-state index is 6.29. The summed E-state index contributed by atoms with van der Waals surface area (Å²) in [6, 6.07) is 5.67. The Morgan fingerprint density at radius 2 is 1.68 bits per heavy atom. The van der Waals surface area contributed by atoms with Crippen LogP contribution in [0, 0.1) is 6.61 Å². The Morgan fingerprint density at radius 3 is 2.16 bits per heavy atom. The van der Waals surface area contributed by atoms with Crippen molar-refractivity contribution in [3.63, 3.8) is 0 Å². The van der Waals surface area contributed by atoms with E-state index in [9.17, 15) is 0 Å². The molecule has 106 valence electrons. The quantitative estimate of drug-likeness (QED) is 0.760. The third-order valence-electron chi connectivity index (χ3n) is 3.55. The Bertz CT molecular complexity index is 422. The van der Waals surface area contributed by atoms with Crippen LogP contribution in [-0.2, 0) is 4.74 Å². The minimum Gasteiger partial charge on any atom is -0.541 e. The van der Waals surface area contributed by atoms with Gasteiger partial charge in [-0.15, -0.1) is 0 Å². The van der Waals surface area contributed by atoms with E-state index >= 15 is 0 Å². The molecule has 0 N–H and O–H groups in total. The molecule has 0 amide bonds. The highest BCUT2D eigenvalue weighted by molar-refractivity contribution is 6.74. The maximum Gasteiger partial charge on any atom is 0.250 e. The fourth-order valence-corrected chi connectivity index (χ4v) is 2.38. The van der Waals surface area contributed by atoms with Gasteiger partial charge in [-0.05, 0) is 35.8 Å². The second-order valence-corrected chi connectivity index (χ2v) is 10.8. The SMILES string of the molecule is CO[C]c1ccc(OC)c(O[Si](C)(C)C(C)(C)C)c1. The van der Waals surface area contributed by atoms with Crippen molar-refractivity contribution < 1.29 is 13.9 Å². The lowest BCUT2D eigenvalue weighted by Gasteiger charge is -2.36. The first-order chi connectivity index (χ1) is 8.71. The summed E-state index contributed by atoms with van der Waals surface area (Å²) in [5.74, 6) is 1.50. The van der Waals surface area contributed by atoms with Crippen molar-refractivity contribution in [3.05, 3.63) is 30.4 Å². The zero-order valence-corrected chi connectivity index (χ0v) is 14.0. The highest BCUT2D eigenvalue weighted by atomic mass is 28.4. The molecule has 1 aromatic carbocycles. The molecule has 1 rings (SSSR count). The molecule has 0 spiro atoms. The van der Waals surface area contributed by atoms with Crippen molar-refractivity contribution in [2.45, 2.75) is 38.9 Å². The van der Waals surface area contributed by atoms with Gasteiger partial charge in [-0.25, -0.2) is 0 Å². The maximum absolute atomic E-state index is 6.29. The predicted octanol–water partition coefficient (Wildman–Crippen LogP) is 4.11. The van der Waals surface area contributed by atoms with E-state index in [0.717, 1.165) is 17.1 Å². The van der Waals surface area contributed by atoms with Crippen LogP contribution < -0.4 is 9.16 Å². The summed E-state index contributed by atoms with van der Waals surface area (Å²) in [4.78, 5) is 0. The molecule has 0 bridgehead atoms. The minimum absolute atomic E-state index is 0.142. The van der Waals surface area contributed by atoms with Gasteiger partial charge in [0.05, 0.1) is 7.11 Å². The lowest BCUT2D eigenvalue weighted by molar-refractivity contribution is 0.292. The smallest absolute Gasteiger partial charge is 0.250 e. The van der Waals surface area contributed by atoms with Crippen LogP contribution in [0.1, 0.15) is 26.3 Å². The standard InChI is InChI=1S/C15H24O3Si/c1-15(2,3)19(6,7)18-14-10-12(11-16-4)8-9-13(14)17-5/h8-10H,1-7H3. The van der Waals surface area contributed by atoms with Gasteiger partial charge in [-0.3, -0.25) is 0 Å². The highest BCUT2D eigenvalue weighted by Crippen LogP contribution is 2.40. The third-order valence-corrected chi connectivity index (χ3v) is 7.90. The van der Waals surface area contributed by atoms with Crippen LogP contribution in [0.4, 0.5) is 0 Å². The summed E-state index contributed by atoms with van der Waals surface area (Å²) in [6.45, 7) is 13.9. The molecular formula is C15H24O3Si. The molecule has 0 aromatic heterocycles. The molecule has 0 saturated carbocycles. The fraction of sp³-hybridized carbons (Fsp3) is 0.533. The lowest BCUT2D eigenvalue weighted by atomic mass is 10.2. The number of hydrogen-bond acceptors (Lipinski definition) is 3. The Morgan fingerprint density at radius 1 is 1.05 bits per heavy atom. The second-order valence-electron chi connectivity index (χ2n) is 6.03. The molecular weight excluding hydrogens is 256 g/mol. The number of benzene rings is 1. The van der Waals surface area contributed by atoms with Crippen LogP contribution in [0.3, 0.4) is 0 Å². The van der Waals surface area contributed by atoms with E-state index in [4.69, 9.17) is 13.9 Å². The van der Waals surface area contributed by atoms with Gasteiger partial charge in [0.1, 0.15) is 5.75 Å². The zero-order chi connectivity index (χ0) is 14.7. The zero-order valence-electron chi connectivity index (χ0n) is 13.0. The van der Waals surface area contributed by atoms with Crippen LogP contribution in [-0.4, -0.2) is 22.5 Å². The van der Waals surface area contributed by atoms with Crippen molar-refractivity contribution >= 4 is 8.32 Å². The van der Waals surface area contributed by atoms with Crippen LogP contribution >= 0.6 is 0 Å². The average Bonchev–Trinajstić information content (AvgIpc) is 2.28. The molecule has 2 radical (unpaired) electrons. The van der Waals surface area contributed by atoms with Crippen molar-refractivity contribution in [2.75, 3.05) is 14.2 Å². The van der Waals surface area contributed by atoms with Crippen molar-refractivity contribution in [1.29, 1.82) is 0 Å². The Kier molecular flexibility index (Phi) is 5.04. The topological polar surface area (TPSA) is 27.7 Å². The molecule has 0 aliphatic heterocycles. The highest BCUT2D eigenvalue weighted by Gasteiger charge is 2.39. The molecule has 4 heteroatoms. The van der Waals surface area contributed by atoms with Crippen LogP contribution in [0.5, 0.6) is 11.5 Å². The first kappa shape index (κ1) is 16.1. The van der Waals surface area contributed by atoms with Gasteiger partial charge in [0.25, 0.3) is 8.32 Å². The Balaban J connectivity index is 3.07. The van der Waals surface area contributed by atoms with E-state index in [1.807, 2.05) is 18.2 Å². The van der Waals surface area contributed by atoms with Crippen molar-refractivity contribution in [3.8, 4) is 11.5 Å². The van der Waals surface area contributed by atoms with Gasteiger partial charge in [0.2, 0.25) is 0 Å². The summed E-state index contributed by atoms with van der Waals surface area (Å²) >= 11 is 0. The molecule has 1 aromatic rings. The van der Waals surface area contributed by atoms with Gasteiger partial charge in [-0.2, -0.15) is 0 Å². The van der Waals surface area contributed by atoms with Crippen LogP contribution in [0.25, 0.3) is 0 Å². The van der Waals surface area contributed by atoms with Crippen molar-refractivity contribution in [1.82, 2.24) is 0 Å². The van der Waals surface area contributed by atoms with Crippen LogP contribution in [0.2, 0.25) is 18.1 Å². The normalized spacial score (nSPS) is 12.4. The van der Waals surface area contributed by atoms with Crippen LogP contribution in [0.15, 0.2) is 18.2 Å². The van der Waals surface area contributed by atoms with E-state index < -0.39 is 8.32 Å². The first-order valence-electron chi connectivity index (χ1n) is 6.37. The molecule has 0 aliphatic rings. The summed E-state index contributed by atoms with van der Waals surface area (Å²) in [5.41, 5.74) is 0.844. The van der Waals surface area contributed by atoms with E-state index in [1.165, 1.54) is 0 Å². The molecule has 0 unspecified atom stereocenters. The number of hydrogen-bond donors (Lipinski definition) is 0. The largest absolute Gasteiger partial charge is 0.541 e. The second kappa shape index (κ2) is 5.97. The fourth-order valence-electron chi connectivity index (χ4n) is 1.37. The predicted molar refractivity (Wildman–Crippen MR) is 80.2 cm³/mol. The van der Waals surface area contributed by atoms with Gasteiger partial charge in [0.15, 0.2) is 12.4 Å². The van der Waals surface area contributed by atoms with Gasteiger partial charge < -0.3 is 13.9 Å². The summed E-state index contributed by atoms with van der Waals surface area (Å²) in [6.07, 6.45) is 0. The molecule has 0 saturated heterocycles. The van der Waals surface area contributed by atoms with Crippen molar-refractivity contribution in [2.24, 2.45) is 0 Å². The molecule has 0 aliphatic carbocycles. The number of ether oxygens (including phenoxy) is 2. The van der Waals surface area contributed by atoms with Gasteiger partial charge in [-0.1, -0.05) is 26.8 Å². The number of methoxy groups -OCH3 is 2. The van der Waals surface area contributed by atoms with E-state index in [0.29, 0.717) is 0 Å². The minimum atomic E-state index is -1.89. The summed E-state index contributed by atoms with van der Waals surface area (Å²) < 4.78 is 16.6. The first-order valence-corrected chi connectivity index (χ1v) is 9.28. The Labute approximate surface area is 118 Å². The Hall–Kier alpha value is -1.00. The monoisotopic (exact) mass is 280 g/mol. The number of rotatable bonds is 5. The van der Waals surface area contributed by atoms with Gasteiger partial charge >= 0.3 is 0 Å². The van der Waals surface area contributed by atoms with E-state index in [2.05, 4.69) is 40.5 Å². The lowest BCUT2D eigenvalue weighted by Crippen LogP contribution is -2.43. The summed E-state index contributed by atoms with van der Waals surface area (Å²) in [5, 5.41) is 0.142. The summed E-state index contributed by atoms with van der Waals surface area (Å²) in [7, 11) is 1.34.